The van der Waals surface area contributed by atoms with Gasteiger partial charge in [-0.25, -0.2) is 5.43 Å². The maximum absolute atomic E-state index is 12.8. The van der Waals surface area contributed by atoms with E-state index in [-0.39, 0.29) is 11.7 Å². The molecule has 1 N–H and O–H groups in total. The number of benzene rings is 2. The van der Waals surface area contributed by atoms with Crippen molar-refractivity contribution in [3.63, 3.8) is 0 Å². The smallest absolute Gasteiger partial charge is 0.433 e. The molecule has 8 nitrogen and oxygen atoms in total. The Hall–Kier alpha value is -3.94. The normalized spacial score (nSPS) is 12.9. The maximum atomic E-state index is 12.8. The summed E-state index contributed by atoms with van der Waals surface area (Å²) in [5.41, 5.74) is 3.93. The molecule has 0 saturated carbocycles. The number of ether oxygens (including phenoxy) is 1. The third-order valence-corrected chi connectivity index (χ3v) is 4.10. The van der Waals surface area contributed by atoms with Gasteiger partial charge in [0.1, 0.15) is 16.4 Å². The largest absolute Gasteiger partial charge is 0.457 e. The fraction of sp³-hybridized carbons (Fsp3) is 0.0526. The molecular formula is C19H13N3O5. The van der Waals surface area contributed by atoms with Crippen LogP contribution in [0.2, 0.25) is 0 Å². The second-order valence-electron chi connectivity index (χ2n) is 5.78. The average molecular weight is 363 g/mol. The summed E-state index contributed by atoms with van der Waals surface area (Å²) in [6, 6.07) is 17.2. The van der Waals surface area contributed by atoms with Gasteiger partial charge in [0.15, 0.2) is 5.76 Å². The summed E-state index contributed by atoms with van der Waals surface area (Å²) in [6.07, 6.45) is 1.21. The number of furan rings is 1. The van der Waals surface area contributed by atoms with E-state index in [1.807, 2.05) is 36.4 Å². The number of hydrogen-bond donors (Lipinski definition) is 1. The van der Waals surface area contributed by atoms with Crippen LogP contribution in [0.25, 0.3) is 0 Å². The number of nitro groups is 1. The van der Waals surface area contributed by atoms with Gasteiger partial charge in [-0.1, -0.05) is 36.4 Å². The Balaban J connectivity index is 1.58. The number of para-hydroxylation sites is 2. The van der Waals surface area contributed by atoms with E-state index in [0.29, 0.717) is 11.5 Å². The van der Waals surface area contributed by atoms with Crippen LogP contribution in [0.15, 0.2) is 70.2 Å². The van der Waals surface area contributed by atoms with Crippen molar-refractivity contribution >= 4 is 18.0 Å². The van der Waals surface area contributed by atoms with Crippen LogP contribution in [-0.2, 0) is 4.79 Å². The second-order valence-corrected chi connectivity index (χ2v) is 5.78. The van der Waals surface area contributed by atoms with E-state index in [4.69, 9.17) is 9.15 Å². The summed E-state index contributed by atoms with van der Waals surface area (Å²) in [6.45, 7) is 0. The number of fused-ring (bicyclic) bond motifs is 2. The van der Waals surface area contributed by atoms with Gasteiger partial charge in [-0.05, 0) is 18.2 Å². The Morgan fingerprint density at radius 1 is 1.04 bits per heavy atom. The van der Waals surface area contributed by atoms with Crippen LogP contribution in [0.1, 0.15) is 22.8 Å². The molecule has 0 fully saturated rings. The first-order chi connectivity index (χ1) is 13.1. The van der Waals surface area contributed by atoms with Crippen LogP contribution in [-0.4, -0.2) is 17.0 Å². The van der Waals surface area contributed by atoms with Gasteiger partial charge < -0.3 is 9.15 Å². The molecule has 0 unspecified atom stereocenters. The van der Waals surface area contributed by atoms with Crippen molar-refractivity contribution in [1.82, 2.24) is 5.43 Å². The SMILES string of the molecule is O=C(N/N=C/c1ccc([N+](=O)[O-])o1)C1c2ccccc2Oc2ccccc21. The highest BCUT2D eigenvalue weighted by atomic mass is 16.6. The van der Waals surface area contributed by atoms with E-state index in [2.05, 4.69) is 10.5 Å². The molecule has 1 aliphatic heterocycles. The second kappa shape index (κ2) is 6.75. The van der Waals surface area contributed by atoms with Gasteiger partial charge >= 0.3 is 5.88 Å². The van der Waals surface area contributed by atoms with Crippen molar-refractivity contribution in [2.24, 2.45) is 5.10 Å². The molecule has 0 bridgehead atoms. The summed E-state index contributed by atoms with van der Waals surface area (Å²) in [5.74, 6) is 0.0542. The molecular weight excluding hydrogens is 350 g/mol. The number of carbonyl (C=O) groups excluding carboxylic acids is 1. The predicted molar refractivity (Wildman–Crippen MR) is 95.9 cm³/mol. The van der Waals surface area contributed by atoms with E-state index in [9.17, 15) is 14.9 Å². The fourth-order valence-corrected chi connectivity index (χ4v) is 2.93. The lowest BCUT2D eigenvalue weighted by molar-refractivity contribution is -0.402. The molecule has 0 radical (unpaired) electrons. The highest BCUT2D eigenvalue weighted by Gasteiger charge is 2.32. The Kier molecular flexibility index (Phi) is 4.13. The van der Waals surface area contributed by atoms with E-state index in [0.717, 1.165) is 11.1 Å². The molecule has 1 aromatic heterocycles. The maximum Gasteiger partial charge on any atom is 0.433 e. The quantitative estimate of drug-likeness (QED) is 0.433. The third-order valence-electron chi connectivity index (χ3n) is 4.10. The topological polar surface area (TPSA) is 107 Å². The van der Waals surface area contributed by atoms with Crippen molar-refractivity contribution in [3.8, 4) is 11.5 Å². The van der Waals surface area contributed by atoms with Crippen molar-refractivity contribution < 1.29 is 18.9 Å². The lowest BCUT2D eigenvalue weighted by Crippen LogP contribution is -2.28. The first-order valence-corrected chi connectivity index (χ1v) is 8.06. The Morgan fingerprint density at radius 2 is 1.67 bits per heavy atom. The number of carbonyl (C=O) groups is 1. The molecule has 1 aliphatic rings. The van der Waals surface area contributed by atoms with Gasteiger partial charge in [-0.2, -0.15) is 5.10 Å². The molecule has 0 saturated heterocycles. The van der Waals surface area contributed by atoms with Crippen molar-refractivity contribution in [3.05, 3.63) is 87.7 Å². The molecule has 3 aromatic rings. The zero-order valence-corrected chi connectivity index (χ0v) is 13.9. The lowest BCUT2D eigenvalue weighted by atomic mass is 9.87. The van der Waals surface area contributed by atoms with Gasteiger partial charge in [0.05, 0.1) is 18.2 Å². The van der Waals surface area contributed by atoms with Crippen molar-refractivity contribution in [1.29, 1.82) is 0 Å². The standard InChI is InChI=1S/C19H13N3O5/c23-19(21-20-11-12-9-10-17(26-12)22(24)25)18-13-5-1-3-7-15(13)27-16-8-4-2-6-14(16)18/h1-11,18H,(H,21,23)/b20-11+. The van der Waals surface area contributed by atoms with Gasteiger partial charge in [-0.15, -0.1) is 0 Å². The molecule has 134 valence electrons. The molecule has 0 atom stereocenters. The van der Waals surface area contributed by atoms with Crippen LogP contribution in [0.4, 0.5) is 5.88 Å². The molecule has 27 heavy (non-hydrogen) atoms. The van der Waals surface area contributed by atoms with Crippen molar-refractivity contribution in [2.75, 3.05) is 0 Å². The van der Waals surface area contributed by atoms with Gasteiger partial charge in [0.2, 0.25) is 0 Å². The molecule has 2 heterocycles. The van der Waals surface area contributed by atoms with Crippen LogP contribution in [0.5, 0.6) is 11.5 Å². The molecule has 2 aromatic carbocycles. The minimum absolute atomic E-state index is 0.162. The van der Waals surface area contributed by atoms with Gasteiger partial charge in [-0.3, -0.25) is 14.9 Å². The number of nitrogens with zero attached hydrogens (tertiary/aromatic N) is 2. The Labute approximate surface area is 153 Å². The summed E-state index contributed by atoms with van der Waals surface area (Å²) < 4.78 is 10.8. The van der Waals surface area contributed by atoms with Gasteiger partial charge in [0.25, 0.3) is 5.91 Å². The predicted octanol–water partition coefficient (Wildman–Crippen LogP) is 3.58. The monoisotopic (exact) mass is 363 g/mol. The summed E-state index contributed by atoms with van der Waals surface area (Å²) in [7, 11) is 0. The number of amides is 1. The zero-order chi connectivity index (χ0) is 18.8. The molecule has 1 amide bonds. The minimum atomic E-state index is -0.647. The molecule has 0 aliphatic carbocycles. The highest BCUT2D eigenvalue weighted by molar-refractivity contribution is 5.90. The van der Waals surface area contributed by atoms with Crippen LogP contribution in [0.3, 0.4) is 0 Å². The number of rotatable bonds is 4. The first kappa shape index (κ1) is 16.5. The van der Waals surface area contributed by atoms with E-state index in [1.165, 1.54) is 18.3 Å². The zero-order valence-electron chi connectivity index (χ0n) is 13.9. The van der Waals surface area contributed by atoms with E-state index >= 15 is 0 Å². The summed E-state index contributed by atoms with van der Waals surface area (Å²) in [5, 5.41) is 14.5. The van der Waals surface area contributed by atoms with Crippen LogP contribution in [0, 0.1) is 10.1 Å². The van der Waals surface area contributed by atoms with Gasteiger partial charge in [0, 0.05) is 11.1 Å². The summed E-state index contributed by atoms with van der Waals surface area (Å²) >= 11 is 0. The first-order valence-electron chi connectivity index (χ1n) is 8.06. The highest BCUT2D eigenvalue weighted by Crippen LogP contribution is 2.43. The molecule has 8 heteroatoms. The minimum Gasteiger partial charge on any atom is -0.457 e. The fourth-order valence-electron chi connectivity index (χ4n) is 2.93. The molecule has 0 spiro atoms. The van der Waals surface area contributed by atoms with E-state index in [1.54, 1.807) is 12.1 Å². The Morgan fingerprint density at radius 3 is 2.26 bits per heavy atom. The van der Waals surface area contributed by atoms with Crippen LogP contribution >= 0.6 is 0 Å². The number of hydrogen-bond acceptors (Lipinski definition) is 6. The van der Waals surface area contributed by atoms with Crippen molar-refractivity contribution in [2.45, 2.75) is 5.92 Å². The lowest BCUT2D eigenvalue weighted by Gasteiger charge is -2.26. The van der Waals surface area contributed by atoms with Crippen LogP contribution < -0.4 is 10.2 Å². The molecule has 4 rings (SSSR count). The third kappa shape index (κ3) is 3.15. The summed E-state index contributed by atoms with van der Waals surface area (Å²) in [4.78, 5) is 22.8. The number of hydrazone groups is 1. The average Bonchev–Trinajstić information content (AvgIpc) is 3.15. The number of nitrogens with one attached hydrogen (secondary N) is 1. The Bertz CT molecular complexity index is 1010. The van der Waals surface area contributed by atoms with E-state index < -0.39 is 16.7 Å².